The topological polar surface area (TPSA) is 71.0 Å². The molecule has 0 aliphatic carbocycles. The monoisotopic (exact) mass is 351 g/mol. The van der Waals surface area contributed by atoms with Crippen LogP contribution in [-0.2, 0) is 14.3 Å². The fraction of sp³-hybridized carbons (Fsp3) is 0.353. The first kappa shape index (κ1) is 18.6. The summed E-state index contributed by atoms with van der Waals surface area (Å²) in [5.41, 5.74) is 2.91. The Kier molecular flexibility index (Phi) is 6.21. The van der Waals surface area contributed by atoms with Crippen molar-refractivity contribution >= 4 is 23.8 Å². The van der Waals surface area contributed by atoms with E-state index in [1.807, 2.05) is 0 Å². The number of ether oxygens (including phenoxy) is 1. The zero-order chi connectivity index (χ0) is 18.4. The number of amides is 1. The van der Waals surface area contributed by atoms with Crippen LogP contribution in [0.15, 0.2) is 35.5 Å². The van der Waals surface area contributed by atoms with Crippen LogP contribution in [0.4, 0.5) is 14.5 Å². The van der Waals surface area contributed by atoms with E-state index in [0.29, 0.717) is 13.1 Å². The minimum Gasteiger partial charge on any atom is -0.462 e. The molecular formula is C17H19F2N3O3. The summed E-state index contributed by atoms with van der Waals surface area (Å²) in [5.74, 6) is -2.35. The maximum absolute atomic E-state index is 13.8. The average molecular weight is 351 g/mol. The van der Waals surface area contributed by atoms with E-state index in [4.69, 9.17) is 4.74 Å². The van der Waals surface area contributed by atoms with E-state index in [-0.39, 0.29) is 36.1 Å². The lowest BCUT2D eigenvalue weighted by Gasteiger charge is -2.17. The van der Waals surface area contributed by atoms with Crippen LogP contribution in [0.25, 0.3) is 0 Å². The Balaban J connectivity index is 1.86. The van der Waals surface area contributed by atoms with Crippen LogP contribution < -0.4 is 10.3 Å². The van der Waals surface area contributed by atoms with Crippen molar-refractivity contribution in [1.82, 2.24) is 5.43 Å². The van der Waals surface area contributed by atoms with Gasteiger partial charge in [-0.1, -0.05) is 6.58 Å². The minimum absolute atomic E-state index is 0.0630. The number of nitrogens with one attached hydrogen (secondary N) is 1. The number of halogens is 2. The minimum atomic E-state index is -0.772. The normalized spacial score (nSPS) is 17.2. The highest BCUT2D eigenvalue weighted by Gasteiger charge is 2.31. The quantitative estimate of drug-likeness (QED) is 0.353. The van der Waals surface area contributed by atoms with E-state index in [1.54, 1.807) is 6.92 Å². The number of carbonyl (C=O) groups excluding carboxylic acids is 2. The van der Waals surface area contributed by atoms with Crippen LogP contribution in [0.1, 0.15) is 13.3 Å². The van der Waals surface area contributed by atoms with Crippen LogP contribution in [0.3, 0.4) is 0 Å². The van der Waals surface area contributed by atoms with Crippen molar-refractivity contribution in [2.75, 3.05) is 24.6 Å². The molecule has 0 saturated carbocycles. The van der Waals surface area contributed by atoms with Gasteiger partial charge >= 0.3 is 5.97 Å². The molecule has 0 radical (unpaired) electrons. The summed E-state index contributed by atoms with van der Waals surface area (Å²) >= 11 is 0. The maximum atomic E-state index is 13.8. The molecule has 2 rings (SSSR count). The zero-order valence-corrected chi connectivity index (χ0v) is 13.8. The lowest BCUT2D eigenvalue weighted by Crippen LogP contribution is -2.27. The van der Waals surface area contributed by atoms with Gasteiger partial charge in [0.05, 0.1) is 24.1 Å². The van der Waals surface area contributed by atoms with Crippen molar-refractivity contribution < 1.29 is 23.1 Å². The Morgan fingerprint density at radius 2 is 2.28 bits per heavy atom. The molecule has 1 N–H and O–H groups in total. The number of nitrogens with zero attached hydrogens (tertiary/aromatic N) is 2. The molecular weight excluding hydrogens is 332 g/mol. The van der Waals surface area contributed by atoms with E-state index in [9.17, 15) is 18.4 Å². The Labute approximate surface area is 144 Å². The number of rotatable bonds is 7. The Bertz CT molecular complexity index is 706. The smallest absolute Gasteiger partial charge is 0.339 e. The molecule has 1 amide bonds. The predicted octanol–water partition coefficient (Wildman–Crippen LogP) is 2.01. The van der Waals surface area contributed by atoms with Crippen LogP contribution in [0.2, 0.25) is 0 Å². The predicted molar refractivity (Wildman–Crippen MR) is 89.1 cm³/mol. The van der Waals surface area contributed by atoms with Gasteiger partial charge in [0.15, 0.2) is 0 Å². The standard InChI is InChI=1S/C17H19F2N3O3/c1-3-25-17(24)11(2)8-20-21-9-12-6-16(23)22(10-12)15-5-4-13(18)7-14(15)19/h4-5,7-8,12,21H,2-3,6,9-10H2,1H3/b20-8-. The van der Waals surface area contributed by atoms with Gasteiger partial charge in [0.2, 0.25) is 5.91 Å². The van der Waals surface area contributed by atoms with Gasteiger partial charge in [-0.25, -0.2) is 13.6 Å². The molecule has 1 aliphatic heterocycles. The molecule has 6 nitrogen and oxygen atoms in total. The van der Waals surface area contributed by atoms with Crippen molar-refractivity contribution in [1.29, 1.82) is 0 Å². The van der Waals surface area contributed by atoms with Crippen LogP contribution in [0.5, 0.6) is 0 Å². The fourth-order valence-electron chi connectivity index (χ4n) is 2.43. The molecule has 0 aromatic heterocycles. The molecule has 25 heavy (non-hydrogen) atoms. The highest BCUT2D eigenvalue weighted by molar-refractivity contribution is 6.08. The summed E-state index contributed by atoms with van der Waals surface area (Å²) in [5, 5.41) is 3.86. The third-order valence-electron chi connectivity index (χ3n) is 3.63. The molecule has 8 heteroatoms. The van der Waals surface area contributed by atoms with E-state index in [1.165, 1.54) is 17.2 Å². The van der Waals surface area contributed by atoms with Crippen LogP contribution >= 0.6 is 0 Å². The van der Waals surface area contributed by atoms with Crippen molar-refractivity contribution in [3.8, 4) is 0 Å². The summed E-state index contributed by atoms with van der Waals surface area (Å²) in [7, 11) is 0. The molecule has 134 valence electrons. The lowest BCUT2D eigenvalue weighted by molar-refractivity contribution is -0.137. The van der Waals surface area contributed by atoms with Gasteiger partial charge in [-0.3, -0.25) is 4.79 Å². The van der Waals surface area contributed by atoms with Gasteiger partial charge in [-0.2, -0.15) is 5.10 Å². The summed E-state index contributed by atoms with van der Waals surface area (Å²) in [6, 6.07) is 3.11. The zero-order valence-electron chi connectivity index (χ0n) is 13.8. The number of hydrogen-bond acceptors (Lipinski definition) is 5. The van der Waals surface area contributed by atoms with E-state index >= 15 is 0 Å². The first-order valence-corrected chi connectivity index (χ1v) is 7.79. The largest absolute Gasteiger partial charge is 0.462 e. The summed E-state index contributed by atoms with van der Waals surface area (Å²) in [6.45, 7) is 6.11. The average Bonchev–Trinajstić information content (AvgIpc) is 2.92. The van der Waals surface area contributed by atoms with Gasteiger partial charge in [0.25, 0.3) is 0 Å². The van der Waals surface area contributed by atoms with Gasteiger partial charge < -0.3 is 15.1 Å². The first-order chi connectivity index (χ1) is 11.9. The SMILES string of the molecule is C=C(/C=N\NCC1CC(=O)N(c2ccc(F)cc2F)C1)C(=O)OCC. The molecule has 1 fully saturated rings. The van der Waals surface area contributed by atoms with Crippen molar-refractivity contribution in [2.24, 2.45) is 11.0 Å². The number of hydrogen-bond donors (Lipinski definition) is 1. The maximum Gasteiger partial charge on any atom is 0.339 e. The number of esters is 1. The fourth-order valence-corrected chi connectivity index (χ4v) is 2.43. The van der Waals surface area contributed by atoms with E-state index in [0.717, 1.165) is 12.1 Å². The second kappa shape index (κ2) is 8.36. The Morgan fingerprint density at radius 3 is 2.96 bits per heavy atom. The van der Waals surface area contributed by atoms with Crippen molar-refractivity contribution in [3.05, 3.63) is 42.0 Å². The van der Waals surface area contributed by atoms with Crippen LogP contribution in [-0.4, -0.2) is 37.8 Å². The summed E-state index contributed by atoms with van der Waals surface area (Å²) in [6.07, 6.45) is 1.46. The Hall–Kier alpha value is -2.77. The van der Waals surface area contributed by atoms with Crippen molar-refractivity contribution in [3.63, 3.8) is 0 Å². The summed E-state index contributed by atoms with van der Waals surface area (Å²) in [4.78, 5) is 24.7. The van der Waals surface area contributed by atoms with Crippen molar-refractivity contribution in [2.45, 2.75) is 13.3 Å². The first-order valence-electron chi connectivity index (χ1n) is 7.79. The highest BCUT2D eigenvalue weighted by atomic mass is 19.1. The molecule has 1 heterocycles. The molecule has 0 bridgehead atoms. The van der Waals surface area contributed by atoms with Crippen LogP contribution in [0, 0.1) is 17.6 Å². The third kappa shape index (κ3) is 4.85. The molecule has 1 atom stereocenters. The highest BCUT2D eigenvalue weighted by Crippen LogP contribution is 2.27. The molecule has 1 unspecified atom stereocenters. The molecule has 1 aliphatic rings. The van der Waals surface area contributed by atoms with E-state index < -0.39 is 17.6 Å². The molecule has 1 saturated heterocycles. The number of carbonyl (C=O) groups is 2. The molecule has 1 aromatic rings. The Morgan fingerprint density at radius 1 is 1.52 bits per heavy atom. The number of anilines is 1. The number of hydrazone groups is 1. The second-order valence-electron chi connectivity index (χ2n) is 5.54. The third-order valence-corrected chi connectivity index (χ3v) is 3.63. The molecule has 0 spiro atoms. The number of benzene rings is 1. The second-order valence-corrected chi connectivity index (χ2v) is 5.54. The summed E-state index contributed by atoms with van der Waals surface area (Å²) < 4.78 is 31.5. The van der Waals surface area contributed by atoms with Gasteiger partial charge in [-0.15, -0.1) is 0 Å². The van der Waals surface area contributed by atoms with Gasteiger partial charge in [0.1, 0.15) is 11.6 Å². The molecule has 1 aromatic carbocycles. The van der Waals surface area contributed by atoms with Gasteiger partial charge in [-0.05, 0) is 19.1 Å². The van der Waals surface area contributed by atoms with E-state index in [2.05, 4.69) is 17.1 Å². The lowest BCUT2D eigenvalue weighted by atomic mass is 10.1. The van der Waals surface area contributed by atoms with Gasteiger partial charge in [0, 0.05) is 31.5 Å².